The van der Waals surface area contributed by atoms with Gasteiger partial charge in [-0.05, 0) is 44.9 Å². The first kappa shape index (κ1) is 18.8. The van der Waals surface area contributed by atoms with E-state index in [1.807, 2.05) is 6.92 Å². The Hall–Kier alpha value is -1.53. The van der Waals surface area contributed by atoms with Crippen molar-refractivity contribution in [3.05, 3.63) is 24.2 Å². The normalized spacial score (nSPS) is 21.2. The number of carbonyl (C=O) groups excluding carboxylic acids is 1. The molecule has 3 atom stereocenters. The number of urea groups is 1. The quantitative estimate of drug-likeness (QED) is 0.681. The van der Waals surface area contributed by atoms with Gasteiger partial charge >= 0.3 is 6.03 Å². The molecule has 6 heteroatoms. The van der Waals surface area contributed by atoms with Crippen molar-refractivity contribution in [2.45, 2.75) is 64.1 Å². The van der Waals surface area contributed by atoms with Gasteiger partial charge in [-0.3, -0.25) is 4.90 Å². The lowest BCUT2D eigenvalue weighted by Gasteiger charge is -2.35. The minimum atomic E-state index is -0.700. The van der Waals surface area contributed by atoms with Crippen molar-refractivity contribution >= 4 is 6.03 Å². The number of piperidine rings is 1. The molecule has 3 unspecified atom stereocenters. The monoisotopic (exact) mass is 337 g/mol. The molecule has 0 aliphatic carbocycles. The maximum absolute atomic E-state index is 12.0. The summed E-state index contributed by atoms with van der Waals surface area (Å²) in [6.45, 7) is 6.79. The SMILES string of the molecule is CCC1CCCCN1CCNC(=O)NC(C)CC(O)c1ccco1. The van der Waals surface area contributed by atoms with E-state index in [-0.39, 0.29) is 12.1 Å². The van der Waals surface area contributed by atoms with E-state index in [1.165, 1.54) is 31.9 Å². The van der Waals surface area contributed by atoms with E-state index >= 15 is 0 Å². The van der Waals surface area contributed by atoms with Crippen LogP contribution in [-0.2, 0) is 0 Å². The lowest BCUT2D eigenvalue weighted by molar-refractivity contribution is 0.129. The number of carbonyl (C=O) groups is 1. The zero-order chi connectivity index (χ0) is 17.4. The fourth-order valence-corrected chi connectivity index (χ4v) is 3.40. The number of nitrogens with one attached hydrogen (secondary N) is 2. The summed E-state index contributed by atoms with van der Waals surface area (Å²) in [4.78, 5) is 14.4. The second kappa shape index (κ2) is 9.69. The Morgan fingerprint density at radius 1 is 1.50 bits per heavy atom. The summed E-state index contributed by atoms with van der Waals surface area (Å²) in [6, 6.07) is 3.82. The molecule has 0 radical (unpaired) electrons. The number of aliphatic hydroxyl groups is 1. The lowest BCUT2D eigenvalue weighted by atomic mass is 10.0. The zero-order valence-corrected chi connectivity index (χ0v) is 14.8. The first-order valence-electron chi connectivity index (χ1n) is 9.10. The molecule has 1 aromatic rings. The van der Waals surface area contributed by atoms with Gasteiger partial charge in [0.15, 0.2) is 0 Å². The summed E-state index contributed by atoms with van der Waals surface area (Å²) in [7, 11) is 0. The van der Waals surface area contributed by atoms with E-state index in [9.17, 15) is 9.90 Å². The van der Waals surface area contributed by atoms with Crippen LogP contribution in [0.25, 0.3) is 0 Å². The lowest BCUT2D eigenvalue weighted by Crippen LogP contribution is -2.46. The fourth-order valence-electron chi connectivity index (χ4n) is 3.40. The van der Waals surface area contributed by atoms with Crippen LogP contribution in [0.4, 0.5) is 4.79 Å². The molecular formula is C18H31N3O3. The largest absolute Gasteiger partial charge is 0.467 e. The van der Waals surface area contributed by atoms with Crippen molar-refractivity contribution in [3.63, 3.8) is 0 Å². The number of rotatable bonds is 8. The van der Waals surface area contributed by atoms with Crippen molar-refractivity contribution in [2.75, 3.05) is 19.6 Å². The number of hydrogen-bond donors (Lipinski definition) is 3. The van der Waals surface area contributed by atoms with Gasteiger partial charge in [-0.1, -0.05) is 13.3 Å². The predicted molar refractivity (Wildman–Crippen MR) is 93.8 cm³/mol. The summed E-state index contributed by atoms with van der Waals surface area (Å²) in [5, 5.41) is 15.8. The van der Waals surface area contributed by atoms with E-state index in [0.29, 0.717) is 24.8 Å². The fraction of sp³-hybridized carbons (Fsp3) is 0.722. The van der Waals surface area contributed by atoms with Gasteiger partial charge in [0.1, 0.15) is 11.9 Å². The number of furan rings is 1. The number of aliphatic hydroxyl groups excluding tert-OH is 1. The molecule has 2 rings (SSSR count). The molecule has 136 valence electrons. The maximum atomic E-state index is 12.0. The van der Waals surface area contributed by atoms with Gasteiger partial charge in [-0.2, -0.15) is 0 Å². The summed E-state index contributed by atoms with van der Waals surface area (Å²) in [5.74, 6) is 0.528. The van der Waals surface area contributed by atoms with Gasteiger partial charge in [0.05, 0.1) is 6.26 Å². The van der Waals surface area contributed by atoms with Crippen molar-refractivity contribution in [3.8, 4) is 0 Å². The van der Waals surface area contributed by atoms with E-state index in [0.717, 1.165) is 13.1 Å². The smallest absolute Gasteiger partial charge is 0.315 e. The van der Waals surface area contributed by atoms with Crippen molar-refractivity contribution < 1.29 is 14.3 Å². The molecule has 24 heavy (non-hydrogen) atoms. The topological polar surface area (TPSA) is 77.7 Å². The van der Waals surface area contributed by atoms with Gasteiger partial charge in [0.25, 0.3) is 0 Å². The highest BCUT2D eigenvalue weighted by Gasteiger charge is 2.20. The average Bonchev–Trinajstić information content (AvgIpc) is 3.09. The Morgan fingerprint density at radius 3 is 3.04 bits per heavy atom. The van der Waals surface area contributed by atoms with Crippen LogP contribution in [0.1, 0.15) is 57.8 Å². The Labute approximate surface area is 144 Å². The molecule has 2 heterocycles. The molecule has 3 N–H and O–H groups in total. The summed E-state index contributed by atoms with van der Waals surface area (Å²) < 4.78 is 5.17. The number of amides is 2. The van der Waals surface area contributed by atoms with Gasteiger partial charge in [-0.15, -0.1) is 0 Å². The molecule has 0 spiro atoms. The Bertz CT molecular complexity index is 478. The first-order chi connectivity index (χ1) is 11.6. The summed E-state index contributed by atoms with van der Waals surface area (Å²) in [5.41, 5.74) is 0. The zero-order valence-electron chi connectivity index (χ0n) is 14.8. The van der Waals surface area contributed by atoms with Gasteiger partial charge in [0, 0.05) is 31.6 Å². The second-order valence-corrected chi connectivity index (χ2v) is 6.66. The van der Waals surface area contributed by atoms with Crippen LogP contribution in [-0.4, -0.2) is 47.8 Å². The highest BCUT2D eigenvalue weighted by atomic mass is 16.4. The van der Waals surface area contributed by atoms with Gasteiger partial charge in [-0.25, -0.2) is 4.79 Å². The average molecular weight is 337 g/mol. The third kappa shape index (κ3) is 5.83. The molecule has 0 bridgehead atoms. The van der Waals surface area contributed by atoms with Crippen LogP contribution < -0.4 is 10.6 Å². The highest BCUT2D eigenvalue weighted by molar-refractivity contribution is 5.74. The molecule has 1 aromatic heterocycles. The molecule has 0 saturated carbocycles. The first-order valence-corrected chi connectivity index (χ1v) is 9.10. The summed E-state index contributed by atoms with van der Waals surface area (Å²) >= 11 is 0. The molecular weight excluding hydrogens is 306 g/mol. The molecule has 6 nitrogen and oxygen atoms in total. The Kier molecular flexibility index (Phi) is 7.59. The highest BCUT2D eigenvalue weighted by Crippen LogP contribution is 2.19. The van der Waals surface area contributed by atoms with E-state index < -0.39 is 6.10 Å². The minimum absolute atomic E-state index is 0.136. The third-order valence-corrected chi connectivity index (χ3v) is 4.73. The molecule has 0 aromatic carbocycles. The standard InChI is InChI=1S/C18H31N3O3/c1-3-15-7-4-5-10-21(15)11-9-19-18(23)20-14(2)13-16(22)17-8-6-12-24-17/h6,8,12,14-16,22H,3-5,7,9-11,13H2,1-2H3,(H2,19,20,23). The van der Waals surface area contributed by atoms with E-state index in [4.69, 9.17) is 4.42 Å². The van der Waals surface area contributed by atoms with Gasteiger partial charge in [0.2, 0.25) is 0 Å². The van der Waals surface area contributed by atoms with Crippen molar-refractivity contribution in [1.29, 1.82) is 0 Å². The number of nitrogens with zero attached hydrogens (tertiary/aromatic N) is 1. The van der Waals surface area contributed by atoms with E-state index in [1.54, 1.807) is 12.1 Å². The van der Waals surface area contributed by atoms with Gasteiger partial charge < -0.3 is 20.2 Å². The Morgan fingerprint density at radius 2 is 2.33 bits per heavy atom. The minimum Gasteiger partial charge on any atom is -0.467 e. The van der Waals surface area contributed by atoms with Crippen LogP contribution in [0.2, 0.25) is 0 Å². The van der Waals surface area contributed by atoms with Crippen LogP contribution in [0.3, 0.4) is 0 Å². The summed E-state index contributed by atoms with van der Waals surface area (Å²) in [6.07, 6.45) is 6.27. The molecule has 1 aliphatic heterocycles. The maximum Gasteiger partial charge on any atom is 0.315 e. The third-order valence-electron chi connectivity index (χ3n) is 4.73. The van der Waals surface area contributed by atoms with E-state index in [2.05, 4.69) is 22.5 Å². The van der Waals surface area contributed by atoms with Crippen LogP contribution in [0, 0.1) is 0 Å². The number of hydrogen-bond acceptors (Lipinski definition) is 4. The predicted octanol–water partition coefficient (Wildman–Crippen LogP) is 2.66. The van der Waals surface area contributed by atoms with Crippen molar-refractivity contribution in [1.82, 2.24) is 15.5 Å². The van der Waals surface area contributed by atoms with Crippen LogP contribution in [0.15, 0.2) is 22.8 Å². The van der Waals surface area contributed by atoms with Crippen molar-refractivity contribution in [2.24, 2.45) is 0 Å². The molecule has 1 aliphatic rings. The second-order valence-electron chi connectivity index (χ2n) is 6.66. The molecule has 1 fully saturated rings. The molecule has 1 saturated heterocycles. The van der Waals surface area contributed by atoms with Crippen LogP contribution >= 0.6 is 0 Å². The molecule has 2 amide bonds. The van der Waals surface area contributed by atoms with Crippen LogP contribution in [0.5, 0.6) is 0 Å². The number of likely N-dealkylation sites (tertiary alicyclic amines) is 1. The Balaban J connectivity index is 1.63.